The first kappa shape index (κ1) is 15.5. The van der Waals surface area contributed by atoms with Gasteiger partial charge in [0, 0.05) is 0 Å². The lowest BCUT2D eigenvalue weighted by atomic mass is 10.2. The van der Waals surface area contributed by atoms with Gasteiger partial charge in [0.05, 0.1) is 20.9 Å². The summed E-state index contributed by atoms with van der Waals surface area (Å²) in [6.07, 6.45) is 0.114. The molecule has 0 radical (unpaired) electrons. The van der Waals surface area contributed by atoms with E-state index in [2.05, 4.69) is 15.9 Å². The Labute approximate surface area is 138 Å². The monoisotopic (exact) mass is 382 g/mol. The molecular weight excluding hydrogens is 368 g/mol. The minimum Gasteiger partial charge on any atom is -0.490 e. The highest BCUT2D eigenvalue weighted by molar-refractivity contribution is 9.10. The summed E-state index contributed by atoms with van der Waals surface area (Å²) < 4.78 is 36.9. The molecule has 1 unspecified atom stereocenters. The Morgan fingerprint density at radius 2 is 1.86 bits per heavy atom. The molecule has 1 fully saturated rings. The van der Waals surface area contributed by atoms with Gasteiger partial charge in [-0.1, -0.05) is 24.3 Å². The molecule has 6 heteroatoms. The Kier molecular flexibility index (Phi) is 4.25. The van der Waals surface area contributed by atoms with Gasteiger partial charge in [0.25, 0.3) is 0 Å². The molecule has 116 valence electrons. The number of hydrogen-bond donors (Lipinski definition) is 0. The predicted octanol–water partition coefficient (Wildman–Crippen LogP) is 3.37. The van der Waals surface area contributed by atoms with Crippen molar-refractivity contribution < 1.29 is 17.9 Å². The summed E-state index contributed by atoms with van der Waals surface area (Å²) in [5.74, 6) is 0.505. The highest BCUT2D eigenvalue weighted by atomic mass is 79.9. The SMILES string of the molecule is Cc1ccccc1S(=O)(=O)c1cccc(OCC2CO2)c1Br. The number of sulfone groups is 1. The van der Waals surface area contributed by atoms with E-state index in [0.29, 0.717) is 33.9 Å². The van der Waals surface area contributed by atoms with E-state index in [-0.39, 0.29) is 11.0 Å². The zero-order chi connectivity index (χ0) is 15.7. The smallest absolute Gasteiger partial charge is 0.208 e. The number of rotatable bonds is 5. The largest absolute Gasteiger partial charge is 0.490 e. The topological polar surface area (TPSA) is 55.9 Å². The van der Waals surface area contributed by atoms with Gasteiger partial charge in [0.15, 0.2) is 0 Å². The van der Waals surface area contributed by atoms with Gasteiger partial charge in [-0.3, -0.25) is 0 Å². The molecule has 1 heterocycles. The molecular formula is C16H15BrO4S. The Morgan fingerprint density at radius 3 is 2.55 bits per heavy atom. The lowest BCUT2D eigenvalue weighted by Crippen LogP contribution is -2.08. The Morgan fingerprint density at radius 1 is 1.18 bits per heavy atom. The number of hydrogen-bond acceptors (Lipinski definition) is 4. The van der Waals surface area contributed by atoms with Crippen LogP contribution in [0.2, 0.25) is 0 Å². The van der Waals surface area contributed by atoms with Crippen LogP contribution < -0.4 is 4.74 Å². The third kappa shape index (κ3) is 3.04. The van der Waals surface area contributed by atoms with Crippen molar-refractivity contribution in [3.05, 3.63) is 52.5 Å². The molecule has 0 aromatic heterocycles. The number of aryl methyl sites for hydroxylation is 1. The molecule has 0 bridgehead atoms. The minimum atomic E-state index is -3.60. The van der Waals surface area contributed by atoms with Crippen molar-refractivity contribution in [3.63, 3.8) is 0 Å². The van der Waals surface area contributed by atoms with Gasteiger partial charge >= 0.3 is 0 Å². The summed E-state index contributed by atoms with van der Waals surface area (Å²) in [6, 6.07) is 11.9. The second-order valence-electron chi connectivity index (χ2n) is 5.10. The molecule has 22 heavy (non-hydrogen) atoms. The van der Waals surface area contributed by atoms with Crippen molar-refractivity contribution in [1.82, 2.24) is 0 Å². The van der Waals surface area contributed by atoms with Crippen LogP contribution in [0, 0.1) is 6.92 Å². The second-order valence-corrected chi connectivity index (χ2v) is 7.78. The Hall–Kier alpha value is -1.37. The molecule has 3 rings (SSSR count). The fraction of sp³-hybridized carbons (Fsp3) is 0.250. The standard InChI is InChI=1S/C16H15BrO4S/c1-11-5-2-3-7-14(11)22(18,19)15-8-4-6-13(16(15)17)21-10-12-9-20-12/h2-8,12H,9-10H2,1H3. The molecule has 2 aromatic rings. The van der Waals surface area contributed by atoms with Crippen molar-refractivity contribution >= 4 is 25.8 Å². The highest BCUT2D eigenvalue weighted by Gasteiger charge is 2.26. The van der Waals surface area contributed by atoms with Gasteiger partial charge in [0.2, 0.25) is 9.84 Å². The predicted molar refractivity (Wildman–Crippen MR) is 86.0 cm³/mol. The molecule has 0 aliphatic carbocycles. The number of benzene rings is 2. The summed E-state index contributed by atoms with van der Waals surface area (Å²) >= 11 is 3.36. The average Bonchev–Trinajstić information content (AvgIpc) is 3.30. The molecule has 1 saturated heterocycles. The average molecular weight is 383 g/mol. The third-order valence-corrected chi connectivity index (χ3v) is 6.46. The number of ether oxygens (including phenoxy) is 2. The van der Waals surface area contributed by atoms with Crippen LogP contribution >= 0.6 is 15.9 Å². The van der Waals surface area contributed by atoms with E-state index in [4.69, 9.17) is 9.47 Å². The lowest BCUT2D eigenvalue weighted by molar-refractivity contribution is 0.261. The van der Waals surface area contributed by atoms with Crippen LogP contribution in [0.15, 0.2) is 56.7 Å². The molecule has 1 atom stereocenters. The minimum absolute atomic E-state index is 0.114. The van der Waals surface area contributed by atoms with Crippen LogP contribution in [0.5, 0.6) is 5.75 Å². The quantitative estimate of drug-likeness (QED) is 0.743. The fourth-order valence-corrected chi connectivity index (χ4v) is 4.73. The maximum absolute atomic E-state index is 12.9. The van der Waals surface area contributed by atoms with Crippen LogP contribution in [0.3, 0.4) is 0 Å². The Balaban J connectivity index is 2.00. The normalized spacial score (nSPS) is 17.3. The number of halogens is 1. The van der Waals surface area contributed by atoms with Gasteiger partial charge in [-0.05, 0) is 46.6 Å². The Bertz CT molecular complexity index is 798. The van der Waals surface area contributed by atoms with E-state index in [9.17, 15) is 8.42 Å². The molecule has 0 N–H and O–H groups in total. The van der Waals surface area contributed by atoms with E-state index in [0.717, 1.165) is 0 Å². The molecule has 2 aromatic carbocycles. The first-order valence-electron chi connectivity index (χ1n) is 6.84. The molecule has 1 aliphatic rings. The van der Waals surface area contributed by atoms with E-state index >= 15 is 0 Å². The van der Waals surface area contributed by atoms with E-state index < -0.39 is 9.84 Å². The van der Waals surface area contributed by atoms with Crippen molar-refractivity contribution in [2.45, 2.75) is 22.8 Å². The zero-order valence-electron chi connectivity index (χ0n) is 12.0. The van der Waals surface area contributed by atoms with Crippen molar-refractivity contribution in [1.29, 1.82) is 0 Å². The van der Waals surface area contributed by atoms with Crippen molar-refractivity contribution in [3.8, 4) is 5.75 Å². The van der Waals surface area contributed by atoms with E-state index in [1.807, 2.05) is 6.07 Å². The van der Waals surface area contributed by atoms with Gasteiger partial charge < -0.3 is 9.47 Å². The van der Waals surface area contributed by atoms with Crippen LogP contribution in [0.4, 0.5) is 0 Å². The molecule has 4 nitrogen and oxygen atoms in total. The summed E-state index contributed by atoms with van der Waals surface area (Å²) in [6.45, 7) is 2.90. The summed E-state index contributed by atoms with van der Waals surface area (Å²) in [7, 11) is -3.60. The maximum Gasteiger partial charge on any atom is 0.208 e. The van der Waals surface area contributed by atoms with Crippen molar-refractivity contribution in [2.24, 2.45) is 0 Å². The van der Waals surface area contributed by atoms with Crippen LogP contribution in [-0.2, 0) is 14.6 Å². The highest BCUT2D eigenvalue weighted by Crippen LogP contribution is 2.35. The van der Waals surface area contributed by atoms with Gasteiger partial charge in [-0.15, -0.1) is 0 Å². The summed E-state index contributed by atoms with van der Waals surface area (Å²) in [5.41, 5.74) is 0.715. The van der Waals surface area contributed by atoms with Crippen LogP contribution in [0.25, 0.3) is 0 Å². The maximum atomic E-state index is 12.9. The fourth-order valence-electron chi connectivity index (χ4n) is 2.13. The summed E-state index contributed by atoms with van der Waals surface area (Å²) in [5, 5.41) is 0. The molecule has 0 spiro atoms. The van der Waals surface area contributed by atoms with Crippen LogP contribution in [0.1, 0.15) is 5.56 Å². The van der Waals surface area contributed by atoms with E-state index in [1.165, 1.54) is 0 Å². The van der Waals surface area contributed by atoms with Gasteiger partial charge in [-0.2, -0.15) is 0 Å². The first-order valence-corrected chi connectivity index (χ1v) is 9.11. The third-order valence-electron chi connectivity index (χ3n) is 3.43. The second kappa shape index (κ2) is 6.02. The van der Waals surface area contributed by atoms with Gasteiger partial charge in [0.1, 0.15) is 18.5 Å². The summed E-state index contributed by atoms with van der Waals surface area (Å²) in [4.78, 5) is 0.509. The first-order chi connectivity index (χ1) is 10.5. The van der Waals surface area contributed by atoms with Crippen molar-refractivity contribution in [2.75, 3.05) is 13.2 Å². The molecule has 0 amide bonds. The molecule has 0 saturated carbocycles. The van der Waals surface area contributed by atoms with Gasteiger partial charge in [-0.25, -0.2) is 8.42 Å². The van der Waals surface area contributed by atoms with Crippen LogP contribution in [-0.4, -0.2) is 27.7 Å². The van der Waals surface area contributed by atoms with E-state index in [1.54, 1.807) is 43.3 Å². The lowest BCUT2D eigenvalue weighted by Gasteiger charge is -2.12. The molecule has 1 aliphatic heterocycles. The number of epoxide rings is 1. The zero-order valence-corrected chi connectivity index (χ0v) is 14.4.